The second-order valence-corrected chi connectivity index (χ2v) is 7.95. The zero-order chi connectivity index (χ0) is 13.5. The van der Waals surface area contributed by atoms with E-state index in [0.717, 1.165) is 36.9 Å². The molecule has 0 radical (unpaired) electrons. The summed E-state index contributed by atoms with van der Waals surface area (Å²) < 4.78 is 28.4. The third kappa shape index (κ3) is 2.86. The summed E-state index contributed by atoms with van der Waals surface area (Å²) in [5.41, 5.74) is 0. The van der Waals surface area contributed by atoms with Crippen molar-refractivity contribution in [3.8, 4) is 0 Å². The molecule has 1 N–H and O–H groups in total. The number of sulfonamides is 1. The fourth-order valence-electron chi connectivity index (χ4n) is 2.98. The molecule has 4 nitrogen and oxygen atoms in total. The number of hydrogen-bond donors (Lipinski definition) is 1. The predicted molar refractivity (Wildman–Crippen MR) is 77.4 cm³/mol. The Hall–Kier alpha value is -0.430. The summed E-state index contributed by atoms with van der Waals surface area (Å²) in [6.07, 6.45) is 2.21. The van der Waals surface area contributed by atoms with E-state index < -0.39 is 10.0 Å². The lowest BCUT2D eigenvalue weighted by Gasteiger charge is -2.44. The van der Waals surface area contributed by atoms with Crippen LogP contribution in [0.25, 0.3) is 0 Å². The molecule has 0 aliphatic carbocycles. The van der Waals surface area contributed by atoms with Crippen LogP contribution in [0.2, 0.25) is 0 Å². The Labute approximate surface area is 122 Å². The quantitative estimate of drug-likeness (QED) is 0.909. The van der Waals surface area contributed by atoms with Crippen molar-refractivity contribution in [3.63, 3.8) is 0 Å². The molecule has 3 aliphatic rings. The van der Waals surface area contributed by atoms with Gasteiger partial charge >= 0.3 is 0 Å². The van der Waals surface area contributed by atoms with E-state index in [1.165, 1.54) is 0 Å². The van der Waals surface area contributed by atoms with Crippen molar-refractivity contribution < 1.29 is 8.42 Å². The van der Waals surface area contributed by atoms with Gasteiger partial charge in [-0.2, -0.15) is 0 Å². The minimum atomic E-state index is -3.40. The van der Waals surface area contributed by atoms with Gasteiger partial charge in [-0.3, -0.25) is 0 Å². The molecule has 3 heterocycles. The number of nitrogens with one attached hydrogen (secondary N) is 1. The van der Waals surface area contributed by atoms with Crippen LogP contribution in [0, 0.1) is 5.92 Å². The van der Waals surface area contributed by atoms with Crippen LogP contribution in [0.3, 0.4) is 0 Å². The highest BCUT2D eigenvalue weighted by atomic mass is 79.9. The van der Waals surface area contributed by atoms with Crippen LogP contribution in [0.4, 0.5) is 0 Å². The monoisotopic (exact) mass is 344 g/mol. The van der Waals surface area contributed by atoms with Crippen LogP contribution >= 0.6 is 15.9 Å². The molecule has 1 atom stereocenters. The van der Waals surface area contributed by atoms with E-state index in [4.69, 9.17) is 0 Å². The van der Waals surface area contributed by atoms with E-state index in [1.54, 1.807) is 24.3 Å². The van der Waals surface area contributed by atoms with Crippen molar-refractivity contribution in [1.82, 2.24) is 9.62 Å². The lowest BCUT2D eigenvalue weighted by molar-refractivity contribution is 0.0827. The van der Waals surface area contributed by atoms with Gasteiger partial charge in [-0.1, -0.05) is 15.9 Å². The van der Waals surface area contributed by atoms with Gasteiger partial charge in [0.05, 0.1) is 4.90 Å². The Morgan fingerprint density at radius 3 is 2.32 bits per heavy atom. The highest BCUT2D eigenvalue weighted by molar-refractivity contribution is 9.10. The molecule has 3 fully saturated rings. The van der Waals surface area contributed by atoms with Gasteiger partial charge in [0.1, 0.15) is 0 Å². The third-order valence-electron chi connectivity index (χ3n) is 4.09. The van der Waals surface area contributed by atoms with E-state index in [2.05, 4.69) is 25.6 Å². The molecule has 1 aromatic rings. The number of benzene rings is 1. The van der Waals surface area contributed by atoms with Gasteiger partial charge in [0, 0.05) is 17.1 Å². The van der Waals surface area contributed by atoms with Gasteiger partial charge in [-0.15, -0.1) is 0 Å². The van der Waals surface area contributed by atoms with Gasteiger partial charge in [0.15, 0.2) is 0 Å². The second-order valence-electron chi connectivity index (χ2n) is 5.32. The van der Waals surface area contributed by atoms with Crippen molar-refractivity contribution in [2.75, 3.05) is 19.6 Å². The fraction of sp³-hybridized carbons (Fsp3) is 0.538. The smallest absolute Gasteiger partial charge is 0.240 e. The molecule has 1 unspecified atom stereocenters. The van der Waals surface area contributed by atoms with Crippen LogP contribution in [-0.2, 0) is 10.0 Å². The minimum Gasteiger partial charge on any atom is -0.302 e. The minimum absolute atomic E-state index is 0.0659. The summed E-state index contributed by atoms with van der Waals surface area (Å²) in [4.78, 5) is 2.68. The Balaban J connectivity index is 1.76. The van der Waals surface area contributed by atoms with Crippen molar-refractivity contribution in [2.24, 2.45) is 5.92 Å². The molecule has 1 aromatic carbocycles. The summed E-state index contributed by atoms with van der Waals surface area (Å²) in [5.74, 6) is 0.496. The van der Waals surface area contributed by atoms with Gasteiger partial charge in [-0.05, 0) is 56.1 Å². The van der Waals surface area contributed by atoms with Gasteiger partial charge < -0.3 is 4.90 Å². The first kappa shape index (κ1) is 13.5. The molecule has 0 saturated carbocycles. The predicted octanol–water partition coefficient (Wildman–Crippen LogP) is 1.82. The highest BCUT2D eigenvalue weighted by Crippen LogP contribution is 2.28. The molecule has 0 spiro atoms. The van der Waals surface area contributed by atoms with Crippen molar-refractivity contribution in [2.45, 2.75) is 23.8 Å². The Bertz CT molecular complexity index is 551. The molecule has 6 heteroatoms. The lowest BCUT2D eigenvalue weighted by Crippen LogP contribution is -2.57. The molecular formula is C13H17BrN2O2S. The molecule has 0 aromatic heterocycles. The highest BCUT2D eigenvalue weighted by Gasteiger charge is 2.36. The van der Waals surface area contributed by atoms with Crippen molar-refractivity contribution >= 4 is 26.0 Å². The van der Waals surface area contributed by atoms with Crippen LogP contribution in [-0.4, -0.2) is 39.0 Å². The van der Waals surface area contributed by atoms with E-state index >= 15 is 0 Å². The number of hydrogen-bond acceptors (Lipinski definition) is 3. The summed E-state index contributed by atoms with van der Waals surface area (Å²) in [6, 6.07) is 6.84. The molecule has 0 amide bonds. The number of halogens is 1. The summed E-state index contributed by atoms with van der Waals surface area (Å²) in [6.45, 7) is 3.07. The largest absolute Gasteiger partial charge is 0.302 e. The number of rotatable bonds is 3. The normalized spacial score (nSPS) is 30.5. The number of nitrogens with zero attached hydrogens (tertiary/aromatic N) is 1. The molecule has 19 heavy (non-hydrogen) atoms. The summed E-state index contributed by atoms with van der Waals surface area (Å²) in [5, 5.41) is 0. The Morgan fingerprint density at radius 2 is 1.79 bits per heavy atom. The maximum atomic E-state index is 12.3. The van der Waals surface area contributed by atoms with Gasteiger partial charge in [0.25, 0.3) is 0 Å². The first-order valence-corrected chi connectivity index (χ1v) is 8.82. The van der Waals surface area contributed by atoms with Crippen molar-refractivity contribution in [1.29, 1.82) is 0 Å². The van der Waals surface area contributed by atoms with E-state index in [-0.39, 0.29) is 6.04 Å². The van der Waals surface area contributed by atoms with Gasteiger partial charge in [0.2, 0.25) is 10.0 Å². The molecule has 3 aliphatic heterocycles. The van der Waals surface area contributed by atoms with Crippen LogP contribution in [0.5, 0.6) is 0 Å². The van der Waals surface area contributed by atoms with E-state index in [1.807, 2.05) is 0 Å². The zero-order valence-corrected chi connectivity index (χ0v) is 13.0. The first-order chi connectivity index (χ1) is 9.04. The molecular weight excluding hydrogens is 328 g/mol. The first-order valence-electron chi connectivity index (χ1n) is 6.55. The average molecular weight is 345 g/mol. The van der Waals surface area contributed by atoms with Crippen LogP contribution in [0.1, 0.15) is 12.8 Å². The SMILES string of the molecule is O=S(=O)(NC1CN2CCC1CC2)c1ccc(Br)cc1. The standard InChI is InChI=1S/C13H17BrN2O2S/c14-11-1-3-12(4-2-11)19(17,18)15-13-9-16-7-5-10(13)6-8-16/h1-4,10,13,15H,5-9H2. The lowest BCUT2D eigenvalue weighted by atomic mass is 9.85. The Morgan fingerprint density at radius 1 is 1.16 bits per heavy atom. The Kier molecular flexibility index (Phi) is 3.68. The maximum Gasteiger partial charge on any atom is 0.240 e. The number of fused-ring (bicyclic) bond motifs is 3. The summed E-state index contributed by atoms with van der Waals surface area (Å²) in [7, 11) is -3.40. The average Bonchev–Trinajstić information content (AvgIpc) is 2.40. The molecule has 3 saturated heterocycles. The van der Waals surface area contributed by atoms with Gasteiger partial charge in [-0.25, -0.2) is 13.1 Å². The summed E-state index contributed by atoms with van der Waals surface area (Å²) >= 11 is 3.32. The number of piperidine rings is 3. The second kappa shape index (κ2) is 5.16. The zero-order valence-electron chi connectivity index (χ0n) is 10.5. The third-order valence-corrected chi connectivity index (χ3v) is 6.12. The fourth-order valence-corrected chi connectivity index (χ4v) is 4.54. The maximum absolute atomic E-state index is 12.3. The molecule has 2 bridgehead atoms. The molecule has 4 rings (SSSR count). The van der Waals surface area contributed by atoms with Crippen LogP contribution in [0.15, 0.2) is 33.6 Å². The molecule has 104 valence electrons. The van der Waals surface area contributed by atoms with E-state index in [0.29, 0.717) is 10.8 Å². The van der Waals surface area contributed by atoms with Crippen LogP contribution < -0.4 is 4.72 Å². The van der Waals surface area contributed by atoms with E-state index in [9.17, 15) is 8.42 Å². The van der Waals surface area contributed by atoms with Crippen molar-refractivity contribution in [3.05, 3.63) is 28.7 Å². The topological polar surface area (TPSA) is 49.4 Å².